The summed E-state index contributed by atoms with van der Waals surface area (Å²) in [5.74, 6) is 0. The molecule has 4 heteroatoms. The molecule has 1 aliphatic rings. The van der Waals surface area contributed by atoms with Gasteiger partial charge >= 0.3 is 0 Å². The Morgan fingerprint density at radius 3 is 2.41 bits per heavy atom. The Labute approximate surface area is 116 Å². The maximum Gasteiger partial charge on any atom is 0.0312 e. The van der Waals surface area contributed by atoms with Crippen molar-refractivity contribution in [2.75, 3.05) is 0 Å². The molecule has 1 N–H and O–H groups in total. The van der Waals surface area contributed by atoms with Crippen molar-refractivity contribution in [1.29, 1.82) is 0 Å². The largest absolute Gasteiger partial charge is 0.310 e. The van der Waals surface area contributed by atoms with Crippen LogP contribution in [-0.4, -0.2) is 11.0 Å². The third-order valence-corrected chi connectivity index (χ3v) is 3.17. The van der Waals surface area contributed by atoms with Crippen LogP contribution in [0.4, 0.5) is 0 Å². The summed E-state index contributed by atoms with van der Waals surface area (Å²) in [5.41, 5.74) is 1.29. The van der Waals surface area contributed by atoms with Crippen LogP contribution in [0.3, 0.4) is 0 Å². The number of pyridine rings is 1. The van der Waals surface area contributed by atoms with Gasteiger partial charge in [-0.2, -0.15) is 0 Å². The molecular formula is C13H22Cl2N2. The van der Waals surface area contributed by atoms with E-state index < -0.39 is 0 Å². The Kier molecular flexibility index (Phi) is 9.52. The molecule has 0 saturated heterocycles. The highest BCUT2D eigenvalue weighted by atomic mass is 35.5. The molecule has 1 aromatic heterocycles. The van der Waals surface area contributed by atoms with Gasteiger partial charge in [0.2, 0.25) is 0 Å². The lowest BCUT2D eigenvalue weighted by Gasteiger charge is -2.15. The lowest BCUT2D eigenvalue weighted by molar-refractivity contribution is 0.459. The molecule has 17 heavy (non-hydrogen) atoms. The zero-order chi connectivity index (χ0) is 10.3. The van der Waals surface area contributed by atoms with Gasteiger partial charge in [0.1, 0.15) is 0 Å². The van der Waals surface area contributed by atoms with E-state index >= 15 is 0 Å². The van der Waals surface area contributed by atoms with Gasteiger partial charge in [0.05, 0.1) is 0 Å². The zero-order valence-corrected chi connectivity index (χ0v) is 11.7. The molecule has 0 radical (unpaired) electrons. The highest BCUT2D eigenvalue weighted by molar-refractivity contribution is 5.85. The highest BCUT2D eigenvalue weighted by Crippen LogP contribution is 2.17. The van der Waals surface area contributed by atoms with Crippen LogP contribution < -0.4 is 5.32 Å². The van der Waals surface area contributed by atoms with E-state index in [1.807, 2.05) is 18.5 Å². The predicted octanol–water partition coefficient (Wildman–Crippen LogP) is 3.74. The molecule has 1 aliphatic carbocycles. The first-order chi connectivity index (χ1) is 7.45. The van der Waals surface area contributed by atoms with Crippen molar-refractivity contribution in [2.24, 2.45) is 0 Å². The monoisotopic (exact) mass is 276 g/mol. The summed E-state index contributed by atoms with van der Waals surface area (Å²) in [6.07, 6.45) is 12.1. The molecule has 0 aromatic carbocycles. The van der Waals surface area contributed by atoms with E-state index in [4.69, 9.17) is 0 Å². The van der Waals surface area contributed by atoms with E-state index in [-0.39, 0.29) is 24.8 Å². The Balaban J connectivity index is 0.00000128. The van der Waals surface area contributed by atoms with Crippen LogP contribution in [0.15, 0.2) is 24.5 Å². The van der Waals surface area contributed by atoms with Crippen molar-refractivity contribution >= 4 is 24.8 Å². The third-order valence-electron chi connectivity index (χ3n) is 3.17. The molecule has 2 rings (SSSR count). The standard InChI is InChI=1S/C13H20N2.2ClH/c1-2-4-8-13(7-3-1)15-11-12-6-5-9-14-10-12;;/h5-6,9-10,13,15H,1-4,7-8,11H2;2*1H. The van der Waals surface area contributed by atoms with E-state index in [0.29, 0.717) is 0 Å². The molecule has 0 unspecified atom stereocenters. The van der Waals surface area contributed by atoms with Crippen LogP contribution in [0.1, 0.15) is 44.1 Å². The second-order valence-electron chi connectivity index (χ2n) is 4.43. The summed E-state index contributed by atoms with van der Waals surface area (Å²) >= 11 is 0. The van der Waals surface area contributed by atoms with Gasteiger partial charge in [-0.05, 0) is 24.5 Å². The van der Waals surface area contributed by atoms with Gasteiger partial charge in [0.25, 0.3) is 0 Å². The van der Waals surface area contributed by atoms with E-state index in [9.17, 15) is 0 Å². The van der Waals surface area contributed by atoms with Crippen molar-refractivity contribution in [3.63, 3.8) is 0 Å². The van der Waals surface area contributed by atoms with Gasteiger partial charge in [-0.3, -0.25) is 4.98 Å². The van der Waals surface area contributed by atoms with Crippen molar-refractivity contribution in [1.82, 2.24) is 10.3 Å². The molecule has 98 valence electrons. The number of aromatic nitrogens is 1. The van der Waals surface area contributed by atoms with Crippen molar-refractivity contribution in [3.05, 3.63) is 30.1 Å². The second-order valence-corrected chi connectivity index (χ2v) is 4.43. The molecule has 0 amide bonds. The highest BCUT2D eigenvalue weighted by Gasteiger charge is 2.10. The minimum absolute atomic E-state index is 0. The molecule has 0 atom stereocenters. The SMILES string of the molecule is Cl.Cl.c1cncc(CNC2CCCCCC2)c1. The fourth-order valence-corrected chi connectivity index (χ4v) is 2.25. The zero-order valence-electron chi connectivity index (χ0n) is 10.1. The number of rotatable bonds is 3. The van der Waals surface area contributed by atoms with Crippen molar-refractivity contribution in [2.45, 2.75) is 51.1 Å². The van der Waals surface area contributed by atoms with Crippen LogP contribution in [0, 0.1) is 0 Å². The first-order valence-corrected chi connectivity index (χ1v) is 6.07. The Hall–Kier alpha value is -0.310. The lowest BCUT2D eigenvalue weighted by atomic mass is 10.1. The summed E-state index contributed by atoms with van der Waals surface area (Å²) < 4.78 is 0. The Bertz CT molecular complexity index is 272. The van der Waals surface area contributed by atoms with Crippen LogP contribution in [0.2, 0.25) is 0 Å². The fourth-order valence-electron chi connectivity index (χ4n) is 2.25. The van der Waals surface area contributed by atoms with Gasteiger partial charge in [-0.1, -0.05) is 31.7 Å². The molecule has 2 nitrogen and oxygen atoms in total. The smallest absolute Gasteiger partial charge is 0.0312 e. The van der Waals surface area contributed by atoms with E-state index in [1.165, 1.54) is 44.1 Å². The number of hydrogen-bond acceptors (Lipinski definition) is 2. The predicted molar refractivity (Wildman–Crippen MR) is 77.1 cm³/mol. The molecule has 1 heterocycles. The van der Waals surface area contributed by atoms with Gasteiger partial charge in [-0.25, -0.2) is 0 Å². The van der Waals surface area contributed by atoms with Crippen molar-refractivity contribution in [3.8, 4) is 0 Å². The summed E-state index contributed by atoms with van der Waals surface area (Å²) in [6, 6.07) is 4.87. The van der Waals surface area contributed by atoms with Crippen LogP contribution >= 0.6 is 24.8 Å². The summed E-state index contributed by atoms with van der Waals surface area (Å²) in [7, 11) is 0. The number of hydrogen-bond donors (Lipinski definition) is 1. The molecular weight excluding hydrogens is 255 g/mol. The average molecular weight is 277 g/mol. The Morgan fingerprint density at radius 1 is 1.12 bits per heavy atom. The van der Waals surface area contributed by atoms with Crippen LogP contribution in [-0.2, 0) is 6.54 Å². The number of nitrogens with one attached hydrogen (secondary N) is 1. The maximum atomic E-state index is 4.13. The Morgan fingerprint density at radius 2 is 1.82 bits per heavy atom. The molecule has 0 spiro atoms. The van der Waals surface area contributed by atoms with Gasteiger partial charge in [0.15, 0.2) is 0 Å². The first-order valence-electron chi connectivity index (χ1n) is 6.07. The van der Waals surface area contributed by atoms with Gasteiger partial charge < -0.3 is 5.32 Å². The molecule has 1 aromatic rings. The minimum atomic E-state index is 0. The minimum Gasteiger partial charge on any atom is -0.310 e. The molecule has 0 bridgehead atoms. The fraction of sp³-hybridized carbons (Fsp3) is 0.615. The summed E-state index contributed by atoms with van der Waals surface area (Å²) in [6.45, 7) is 0.971. The normalized spacial score (nSPS) is 16.5. The van der Waals surface area contributed by atoms with Gasteiger partial charge in [-0.15, -0.1) is 24.8 Å². The number of halogens is 2. The number of nitrogens with zero attached hydrogens (tertiary/aromatic N) is 1. The average Bonchev–Trinajstić information content (AvgIpc) is 2.56. The van der Waals surface area contributed by atoms with Gasteiger partial charge in [0, 0.05) is 25.0 Å². The second kappa shape index (κ2) is 9.69. The summed E-state index contributed by atoms with van der Waals surface area (Å²) in [5, 5.41) is 3.64. The lowest BCUT2D eigenvalue weighted by Crippen LogP contribution is -2.27. The van der Waals surface area contributed by atoms with Crippen LogP contribution in [0.25, 0.3) is 0 Å². The quantitative estimate of drug-likeness (QED) is 0.851. The first kappa shape index (κ1) is 16.7. The third kappa shape index (κ3) is 6.25. The van der Waals surface area contributed by atoms with E-state index in [2.05, 4.69) is 16.4 Å². The van der Waals surface area contributed by atoms with Crippen LogP contribution in [0.5, 0.6) is 0 Å². The molecule has 1 saturated carbocycles. The summed E-state index contributed by atoms with van der Waals surface area (Å²) in [4.78, 5) is 4.13. The van der Waals surface area contributed by atoms with E-state index in [1.54, 1.807) is 0 Å². The molecule has 0 aliphatic heterocycles. The van der Waals surface area contributed by atoms with E-state index in [0.717, 1.165) is 12.6 Å². The molecule has 1 fully saturated rings. The maximum absolute atomic E-state index is 4.13. The topological polar surface area (TPSA) is 24.9 Å². The van der Waals surface area contributed by atoms with Crippen molar-refractivity contribution < 1.29 is 0 Å².